The van der Waals surface area contributed by atoms with Gasteiger partial charge in [0.05, 0.1) is 18.9 Å². The Kier molecular flexibility index (Phi) is 2.56. The number of aromatic nitrogens is 1. The van der Waals surface area contributed by atoms with Gasteiger partial charge in [0.25, 0.3) is 0 Å². The number of aryl methyl sites for hydroxylation is 1. The third kappa shape index (κ3) is 1.52. The Bertz CT molecular complexity index is 518. The summed E-state index contributed by atoms with van der Waals surface area (Å²) in [6, 6.07) is 3.99. The number of hydrogen-bond donors (Lipinski definition) is 1. The van der Waals surface area contributed by atoms with Crippen LogP contribution in [0, 0.1) is 13.8 Å². The molecule has 1 aromatic heterocycles. The summed E-state index contributed by atoms with van der Waals surface area (Å²) in [7, 11) is 1.66. The Morgan fingerprint density at radius 3 is 2.56 bits per heavy atom. The summed E-state index contributed by atoms with van der Waals surface area (Å²) in [4.78, 5) is 0. The van der Waals surface area contributed by atoms with Crippen molar-refractivity contribution in [3.05, 3.63) is 29.5 Å². The standard InChI is InChI=1S/C12H14N2O2/c1-7-4-5-9(8(2)11(7)15-3)10-6-14-16-12(10)13/h4-6H,13H2,1-3H3. The first-order chi connectivity index (χ1) is 7.65. The zero-order valence-corrected chi connectivity index (χ0v) is 9.57. The largest absolute Gasteiger partial charge is 0.496 e. The minimum Gasteiger partial charge on any atom is -0.496 e. The van der Waals surface area contributed by atoms with Gasteiger partial charge in [0.15, 0.2) is 0 Å². The van der Waals surface area contributed by atoms with E-state index in [1.165, 1.54) is 0 Å². The summed E-state index contributed by atoms with van der Waals surface area (Å²) in [5, 5.41) is 3.68. The van der Waals surface area contributed by atoms with Crippen molar-refractivity contribution in [2.45, 2.75) is 13.8 Å². The van der Waals surface area contributed by atoms with E-state index in [4.69, 9.17) is 15.0 Å². The van der Waals surface area contributed by atoms with E-state index in [-0.39, 0.29) is 0 Å². The second-order valence-electron chi connectivity index (χ2n) is 3.69. The Balaban J connectivity index is 2.63. The van der Waals surface area contributed by atoms with Crippen LogP contribution in [0.4, 0.5) is 5.88 Å². The molecule has 0 spiro atoms. The molecule has 2 N–H and O–H groups in total. The zero-order chi connectivity index (χ0) is 11.7. The number of methoxy groups -OCH3 is 1. The molecular formula is C12H14N2O2. The van der Waals surface area contributed by atoms with Gasteiger partial charge in [-0.15, -0.1) is 0 Å². The molecular weight excluding hydrogens is 204 g/mol. The van der Waals surface area contributed by atoms with Crippen molar-refractivity contribution in [2.24, 2.45) is 0 Å². The van der Waals surface area contributed by atoms with E-state index < -0.39 is 0 Å². The molecule has 0 aliphatic heterocycles. The lowest BCUT2D eigenvalue weighted by Gasteiger charge is -2.12. The van der Waals surface area contributed by atoms with E-state index >= 15 is 0 Å². The molecule has 1 aromatic carbocycles. The van der Waals surface area contributed by atoms with Crippen molar-refractivity contribution < 1.29 is 9.26 Å². The van der Waals surface area contributed by atoms with Gasteiger partial charge in [-0.3, -0.25) is 0 Å². The van der Waals surface area contributed by atoms with E-state index in [1.54, 1.807) is 13.3 Å². The van der Waals surface area contributed by atoms with Crippen LogP contribution in [0.3, 0.4) is 0 Å². The van der Waals surface area contributed by atoms with Crippen LogP contribution in [0.2, 0.25) is 0 Å². The van der Waals surface area contributed by atoms with Crippen LogP contribution in [0.15, 0.2) is 22.9 Å². The molecule has 0 fully saturated rings. The Hall–Kier alpha value is -1.97. The molecule has 0 unspecified atom stereocenters. The minimum absolute atomic E-state index is 0.328. The summed E-state index contributed by atoms with van der Waals surface area (Å²) >= 11 is 0. The van der Waals surface area contributed by atoms with Crippen molar-refractivity contribution in [2.75, 3.05) is 12.8 Å². The quantitative estimate of drug-likeness (QED) is 0.841. The molecule has 2 aromatic rings. The first kappa shape index (κ1) is 10.5. The van der Waals surface area contributed by atoms with Crippen molar-refractivity contribution in [3.63, 3.8) is 0 Å². The molecule has 0 saturated carbocycles. The number of nitrogen functional groups attached to an aromatic ring is 1. The Labute approximate surface area is 94.0 Å². The van der Waals surface area contributed by atoms with Gasteiger partial charge < -0.3 is 15.0 Å². The summed E-state index contributed by atoms with van der Waals surface area (Å²) in [5.74, 6) is 1.20. The minimum atomic E-state index is 0.328. The zero-order valence-electron chi connectivity index (χ0n) is 9.57. The van der Waals surface area contributed by atoms with E-state index in [0.29, 0.717) is 5.88 Å². The molecule has 1 heterocycles. The lowest BCUT2D eigenvalue weighted by Crippen LogP contribution is -1.94. The third-order valence-electron chi connectivity index (χ3n) is 2.70. The molecule has 0 aliphatic rings. The fourth-order valence-corrected chi connectivity index (χ4v) is 1.88. The second kappa shape index (κ2) is 3.89. The van der Waals surface area contributed by atoms with Gasteiger partial charge in [-0.2, -0.15) is 0 Å². The molecule has 4 heteroatoms. The summed E-state index contributed by atoms with van der Waals surface area (Å²) in [5.41, 5.74) is 9.63. The maximum atomic E-state index is 5.70. The van der Waals surface area contributed by atoms with Crippen LogP contribution in [0.25, 0.3) is 11.1 Å². The van der Waals surface area contributed by atoms with Crippen LogP contribution in [-0.2, 0) is 0 Å². The molecule has 2 rings (SSSR count). The predicted molar refractivity (Wildman–Crippen MR) is 62.4 cm³/mol. The highest BCUT2D eigenvalue weighted by Crippen LogP contribution is 2.34. The fraction of sp³-hybridized carbons (Fsp3) is 0.250. The molecule has 0 atom stereocenters. The van der Waals surface area contributed by atoms with E-state index in [2.05, 4.69) is 5.16 Å². The average Bonchev–Trinajstić information content (AvgIpc) is 2.66. The normalized spacial score (nSPS) is 10.4. The number of rotatable bonds is 2. The third-order valence-corrected chi connectivity index (χ3v) is 2.70. The van der Waals surface area contributed by atoms with Gasteiger partial charge in [0, 0.05) is 0 Å². The number of nitrogens with two attached hydrogens (primary N) is 1. The number of nitrogens with zero attached hydrogens (tertiary/aromatic N) is 1. The highest BCUT2D eigenvalue weighted by molar-refractivity contribution is 5.76. The van der Waals surface area contributed by atoms with Crippen LogP contribution in [0.5, 0.6) is 5.75 Å². The highest BCUT2D eigenvalue weighted by atomic mass is 16.5. The van der Waals surface area contributed by atoms with Gasteiger partial charge in [0.1, 0.15) is 5.75 Å². The van der Waals surface area contributed by atoms with E-state index in [9.17, 15) is 0 Å². The lowest BCUT2D eigenvalue weighted by atomic mass is 9.99. The molecule has 0 bridgehead atoms. The lowest BCUT2D eigenvalue weighted by molar-refractivity contribution is 0.409. The topological polar surface area (TPSA) is 61.3 Å². The van der Waals surface area contributed by atoms with Gasteiger partial charge >= 0.3 is 0 Å². The smallest absolute Gasteiger partial charge is 0.229 e. The first-order valence-electron chi connectivity index (χ1n) is 5.00. The van der Waals surface area contributed by atoms with Crippen molar-refractivity contribution in [1.82, 2.24) is 5.16 Å². The Morgan fingerprint density at radius 2 is 2.00 bits per heavy atom. The molecule has 84 valence electrons. The molecule has 0 amide bonds. The molecule has 4 nitrogen and oxygen atoms in total. The first-order valence-corrected chi connectivity index (χ1v) is 5.00. The fourth-order valence-electron chi connectivity index (χ4n) is 1.88. The number of hydrogen-bond acceptors (Lipinski definition) is 4. The van der Waals surface area contributed by atoms with Gasteiger partial charge in [0.2, 0.25) is 5.88 Å². The molecule has 0 radical (unpaired) electrons. The van der Waals surface area contributed by atoms with E-state index in [1.807, 2.05) is 26.0 Å². The average molecular weight is 218 g/mol. The number of ether oxygens (including phenoxy) is 1. The van der Waals surface area contributed by atoms with E-state index in [0.717, 1.165) is 28.0 Å². The summed E-state index contributed by atoms with van der Waals surface area (Å²) in [6.07, 6.45) is 1.62. The molecule has 16 heavy (non-hydrogen) atoms. The highest BCUT2D eigenvalue weighted by Gasteiger charge is 2.13. The number of anilines is 1. The van der Waals surface area contributed by atoms with Crippen molar-refractivity contribution >= 4 is 5.88 Å². The van der Waals surface area contributed by atoms with Crippen LogP contribution < -0.4 is 10.5 Å². The van der Waals surface area contributed by atoms with Crippen LogP contribution >= 0.6 is 0 Å². The maximum absolute atomic E-state index is 5.70. The SMILES string of the molecule is COc1c(C)ccc(-c2cnoc2N)c1C. The van der Waals surface area contributed by atoms with Gasteiger partial charge in [-0.25, -0.2) is 0 Å². The monoisotopic (exact) mass is 218 g/mol. The Morgan fingerprint density at radius 1 is 1.25 bits per heavy atom. The number of benzene rings is 1. The van der Waals surface area contributed by atoms with Gasteiger partial charge in [-0.05, 0) is 30.5 Å². The maximum Gasteiger partial charge on any atom is 0.229 e. The molecule has 0 aliphatic carbocycles. The predicted octanol–water partition coefficient (Wildman–Crippen LogP) is 2.55. The van der Waals surface area contributed by atoms with Crippen LogP contribution in [-0.4, -0.2) is 12.3 Å². The summed E-state index contributed by atoms with van der Waals surface area (Å²) < 4.78 is 10.2. The van der Waals surface area contributed by atoms with Crippen molar-refractivity contribution in [1.29, 1.82) is 0 Å². The van der Waals surface area contributed by atoms with Gasteiger partial charge in [-0.1, -0.05) is 17.3 Å². The second-order valence-corrected chi connectivity index (χ2v) is 3.69. The molecule has 0 saturated heterocycles. The van der Waals surface area contributed by atoms with Crippen LogP contribution in [0.1, 0.15) is 11.1 Å². The summed E-state index contributed by atoms with van der Waals surface area (Å²) in [6.45, 7) is 4.00. The van der Waals surface area contributed by atoms with Crippen molar-refractivity contribution in [3.8, 4) is 16.9 Å².